The molecule has 0 aromatic heterocycles. The molecule has 3 rings (SSSR count). The molecule has 2 aromatic rings. The third-order valence-corrected chi connectivity index (χ3v) is 4.71. The first-order valence-electron chi connectivity index (χ1n) is 8.44. The molecule has 0 spiro atoms. The molecule has 4 heteroatoms. The lowest BCUT2D eigenvalue weighted by molar-refractivity contribution is 0.192. The number of hydrogen-bond acceptors (Lipinski definition) is 2. The summed E-state index contributed by atoms with van der Waals surface area (Å²) >= 11 is 0. The number of carbonyl (C=O) groups is 1. The molecule has 0 aliphatic carbocycles. The van der Waals surface area contributed by atoms with Gasteiger partial charge in [0, 0.05) is 31.0 Å². The van der Waals surface area contributed by atoms with Crippen molar-refractivity contribution < 1.29 is 4.79 Å². The fraction of sp³-hybridized carbons (Fsp3) is 0.350. The highest BCUT2D eigenvalue weighted by Gasteiger charge is 2.27. The van der Waals surface area contributed by atoms with E-state index in [0.29, 0.717) is 12.2 Å². The number of nitrogens with two attached hydrogens (primary N) is 1. The number of amides is 2. The molecule has 126 valence electrons. The molecule has 0 unspecified atom stereocenters. The van der Waals surface area contributed by atoms with E-state index in [1.807, 2.05) is 34.1 Å². The van der Waals surface area contributed by atoms with Crippen molar-refractivity contribution >= 4 is 17.4 Å². The van der Waals surface area contributed by atoms with Crippen LogP contribution in [-0.2, 0) is 6.54 Å². The molecule has 4 nitrogen and oxygen atoms in total. The summed E-state index contributed by atoms with van der Waals surface area (Å²) in [5, 5.41) is 0. The summed E-state index contributed by atoms with van der Waals surface area (Å²) in [5.41, 5.74) is 12.4. The average molecular weight is 323 g/mol. The van der Waals surface area contributed by atoms with E-state index >= 15 is 0 Å². The second-order valence-electron chi connectivity index (χ2n) is 6.68. The van der Waals surface area contributed by atoms with Crippen LogP contribution < -0.4 is 10.6 Å². The largest absolute Gasteiger partial charge is 0.399 e. The monoisotopic (exact) mass is 323 g/mol. The minimum atomic E-state index is 0.0744. The van der Waals surface area contributed by atoms with Crippen LogP contribution >= 0.6 is 0 Å². The molecule has 1 fully saturated rings. The molecule has 24 heavy (non-hydrogen) atoms. The van der Waals surface area contributed by atoms with E-state index < -0.39 is 0 Å². The number of hydrogen-bond donors (Lipinski definition) is 1. The molecule has 0 radical (unpaired) electrons. The summed E-state index contributed by atoms with van der Waals surface area (Å²) in [5.74, 6) is 0. The molecule has 2 aromatic carbocycles. The van der Waals surface area contributed by atoms with E-state index in [1.165, 1.54) is 22.3 Å². The zero-order chi connectivity index (χ0) is 17.3. The molecule has 0 saturated carbocycles. The summed E-state index contributed by atoms with van der Waals surface area (Å²) in [7, 11) is 0. The van der Waals surface area contributed by atoms with Crippen molar-refractivity contribution in [1.82, 2.24) is 4.90 Å². The number of rotatable bonds is 3. The molecule has 0 atom stereocenters. The van der Waals surface area contributed by atoms with Gasteiger partial charge in [0.25, 0.3) is 0 Å². The van der Waals surface area contributed by atoms with Crippen molar-refractivity contribution in [2.75, 3.05) is 23.7 Å². The van der Waals surface area contributed by atoms with Crippen molar-refractivity contribution in [3.05, 3.63) is 58.7 Å². The Hall–Kier alpha value is -2.49. The Bertz CT molecular complexity index is 729. The highest BCUT2D eigenvalue weighted by molar-refractivity contribution is 5.92. The number of anilines is 2. The van der Waals surface area contributed by atoms with Crippen LogP contribution in [0.25, 0.3) is 0 Å². The van der Waals surface area contributed by atoms with E-state index in [9.17, 15) is 4.79 Å². The maximum atomic E-state index is 12.9. The van der Waals surface area contributed by atoms with Crippen molar-refractivity contribution in [1.29, 1.82) is 0 Å². The Labute approximate surface area is 143 Å². The maximum Gasteiger partial charge on any atom is 0.324 e. The predicted molar refractivity (Wildman–Crippen MR) is 99.3 cm³/mol. The molecule has 2 N–H and O–H groups in total. The quantitative estimate of drug-likeness (QED) is 0.867. The van der Waals surface area contributed by atoms with E-state index in [2.05, 4.69) is 32.9 Å². The summed E-state index contributed by atoms with van der Waals surface area (Å²) in [6, 6.07) is 12.0. The molecule has 0 bridgehead atoms. The molecular formula is C20H25N3O. The first-order valence-corrected chi connectivity index (χ1v) is 8.44. The lowest BCUT2D eigenvalue weighted by Crippen LogP contribution is -2.49. The normalized spacial score (nSPS) is 15.0. The van der Waals surface area contributed by atoms with Crippen molar-refractivity contribution in [3.63, 3.8) is 0 Å². The van der Waals surface area contributed by atoms with Gasteiger partial charge in [-0.25, -0.2) is 4.79 Å². The Morgan fingerprint density at radius 2 is 1.62 bits per heavy atom. The van der Waals surface area contributed by atoms with Gasteiger partial charge in [-0.1, -0.05) is 17.7 Å². The topological polar surface area (TPSA) is 49.6 Å². The minimum Gasteiger partial charge on any atom is -0.399 e. The fourth-order valence-electron chi connectivity index (χ4n) is 3.47. The molecule has 2 amide bonds. The van der Waals surface area contributed by atoms with Crippen LogP contribution in [0.1, 0.15) is 28.7 Å². The second-order valence-corrected chi connectivity index (χ2v) is 6.68. The van der Waals surface area contributed by atoms with Crippen molar-refractivity contribution in [2.45, 2.75) is 33.7 Å². The van der Waals surface area contributed by atoms with Crippen LogP contribution in [0.4, 0.5) is 16.2 Å². The maximum absolute atomic E-state index is 12.9. The Morgan fingerprint density at radius 1 is 1.00 bits per heavy atom. The minimum absolute atomic E-state index is 0.0744. The van der Waals surface area contributed by atoms with E-state index in [4.69, 9.17) is 5.73 Å². The van der Waals surface area contributed by atoms with Crippen LogP contribution in [0.2, 0.25) is 0 Å². The Morgan fingerprint density at radius 3 is 2.25 bits per heavy atom. The summed E-state index contributed by atoms with van der Waals surface area (Å²) in [4.78, 5) is 16.7. The third-order valence-electron chi connectivity index (χ3n) is 4.71. The summed E-state index contributed by atoms with van der Waals surface area (Å²) < 4.78 is 0. The van der Waals surface area contributed by atoms with Gasteiger partial charge in [-0.05, 0) is 68.1 Å². The summed E-state index contributed by atoms with van der Waals surface area (Å²) in [6.07, 6.45) is 0.972. The number of nitrogen functional groups attached to an aromatic ring is 1. The fourth-order valence-corrected chi connectivity index (χ4v) is 3.47. The summed E-state index contributed by atoms with van der Waals surface area (Å²) in [6.45, 7) is 8.59. The van der Waals surface area contributed by atoms with Crippen LogP contribution in [0.3, 0.4) is 0 Å². The molecule has 1 saturated heterocycles. The van der Waals surface area contributed by atoms with Crippen LogP contribution in [0, 0.1) is 20.8 Å². The van der Waals surface area contributed by atoms with Crippen molar-refractivity contribution in [3.8, 4) is 0 Å². The smallest absolute Gasteiger partial charge is 0.324 e. The van der Waals surface area contributed by atoms with Gasteiger partial charge in [-0.15, -0.1) is 0 Å². The highest BCUT2D eigenvalue weighted by atomic mass is 16.2. The van der Waals surface area contributed by atoms with Crippen LogP contribution in [-0.4, -0.2) is 24.0 Å². The predicted octanol–water partition coefficient (Wildman–Crippen LogP) is 4.03. The molecule has 1 aliphatic heterocycles. The van der Waals surface area contributed by atoms with E-state index in [0.717, 1.165) is 25.2 Å². The average Bonchev–Trinajstić information content (AvgIpc) is 2.53. The SMILES string of the molecule is Cc1cc(C)c(CN2CCCN(c3ccc(N)cc3)C2=O)c(C)c1. The Balaban J connectivity index is 1.82. The van der Waals surface area contributed by atoms with Gasteiger partial charge in [-0.3, -0.25) is 4.90 Å². The molecule has 1 heterocycles. The number of aryl methyl sites for hydroxylation is 3. The van der Waals surface area contributed by atoms with Gasteiger partial charge in [-0.2, -0.15) is 0 Å². The van der Waals surface area contributed by atoms with Gasteiger partial charge in [0.2, 0.25) is 0 Å². The van der Waals surface area contributed by atoms with Crippen LogP contribution in [0.5, 0.6) is 0 Å². The molecular weight excluding hydrogens is 298 g/mol. The first kappa shape index (κ1) is 16.4. The van der Waals surface area contributed by atoms with Crippen molar-refractivity contribution in [2.24, 2.45) is 0 Å². The number of carbonyl (C=O) groups excluding carboxylic acids is 1. The van der Waals surface area contributed by atoms with Gasteiger partial charge in [0.15, 0.2) is 0 Å². The number of benzene rings is 2. The van der Waals surface area contributed by atoms with Gasteiger partial charge < -0.3 is 10.6 Å². The Kier molecular flexibility index (Phi) is 4.47. The van der Waals surface area contributed by atoms with Crippen LogP contribution in [0.15, 0.2) is 36.4 Å². The van der Waals surface area contributed by atoms with Gasteiger partial charge in [0.1, 0.15) is 0 Å². The number of nitrogens with zero attached hydrogens (tertiary/aromatic N) is 2. The molecule has 1 aliphatic rings. The lowest BCUT2D eigenvalue weighted by Gasteiger charge is -2.36. The van der Waals surface area contributed by atoms with Gasteiger partial charge >= 0.3 is 6.03 Å². The standard InChI is InChI=1S/C20H25N3O/c1-14-11-15(2)19(16(3)12-14)13-22-9-4-10-23(20(22)24)18-7-5-17(21)6-8-18/h5-8,11-12H,4,9-10,13,21H2,1-3H3. The van der Waals surface area contributed by atoms with E-state index in [-0.39, 0.29) is 6.03 Å². The zero-order valence-electron chi connectivity index (χ0n) is 14.7. The zero-order valence-corrected chi connectivity index (χ0v) is 14.7. The first-order chi connectivity index (χ1) is 11.5. The van der Waals surface area contributed by atoms with E-state index in [1.54, 1.807) is 0 Å². The lowest BCUT2D eigenvalue weighted by atomic mass is 9.99. The highest BCUT2D eigenvalue weighted by Crippen LogP contribution is 2.24. The van der Waals surface area contributed by atoms with Gasteiger partial charge in [0.05, 0.1) is 0 Å². The second kappa shape index (κ2) is 6.56. The number of urea groups is 1. The third kappa shape index (κ3) is 3.23.